The number of rotatable bonds is 3. The van der Waals surface area contributed by atoms with E-state index in [-0.39, 0.29) is 0 Å². The van der Waals surface area contributed by atoms with Gasteiger partial charge in [0.15, 0.2) is 0 Å². The van der Waals surface area contributed by atoms with Crippen LogP contribution in [-0.2, 0) is 0 Å². The van der Waals surface area contributed by atoms with Gasteiger partial charge in [0.05, 0.1) is 5.66 Å². The van der Waals surface area contributed by atoms with Crippen LogP contribution >= 0.6 is 7.26 Å². The molecule has 0 aromatic rings. The van der Waals surface area contributed by atoms with E-state index in [0.717, 1.165) is 5.66 Å². The van der Waals surface area contributed by atoms with E-state index < -0.39 is 7.26 Å². The van der Waals surface area contributed by atoms with Crippen LogP contribution in [0.2, 0.25) is 0 Å². The van der Waals surface area contributed by atoms with Crippen molar-refractivity contribution in [1.82, 2.24) is 0 Å². The first kappa shape index (κ1) is 9.43. The molecule has 0 spiro atoms. The molecule has 0 atom stereocenters. The van der Waals surface area contributed by atoms with Gasteiger partial charge in [-0.2, -0.15) is 0 Å². The molecule has 0 aliphatic carbocycles. The van der Waals surface area contributed by atoms with Crippen LogP contribution in [0.4, 0.5) is 0 Å². The van der Waals surface area contributed by atoms with E-state index in [4.69, 9.17) is 0 Å². The lowest BCUT2D eigenvalue weighted by atomic mass is 10.3. The molecule has 0 aromatic heterocycles. The Hall–Kier alpha value is 0.430. The van der Waals surface area contributed by atoms with Gasteiger partial charge in [0, 0.05) is 27.3 Å². The lowest BCUT2D eigenvalue weighted by Crippen LogP contribution is -2.08. The predicted molar refractivity (Wildman–Crippen MR) is 49.1 cm³/mol. The second-order valence-corrected chi connectivity index (χ2v) is 8.55. The summed E-state index contributed by atoms with van der Waals surface area (Å²) in [5.74, 6) is 0. The van der Waals surface area contributed by atoms with Gasteiger partial charge >= 0.3 is 0 Å². The van der Waals surface area contributed by atoms with Crippen LogP contribution in [0.5, 0.6) is 0 Å². The second-order valence-electron chi connectivity index (χ2n) is 3.59. The molecule has 0 saturated carbocycles. The van der Waals surface area contributed by atoms with Crippen molar-refractivity contribution < 1.29 is 0 Å². The molecule has 0 N–H and O–H groups in total. The zero-order chi connectivity index (χ0) is 7.49. The van der Waals surface area contributed by atoms with Crippen LogP contribution in [0.15, 0.2) is 0 Å². The van der Waals surface area contributed by atoms with Crippen LogP contribution in [-0.4, -0.2) is 25.7 Å². The Kier molecular flexibility index (Phi) is 3.73. The number of hydrogen-bond acceptors (Lipinski definition) is 0. The molecular formula is C8H20P+. The summed E-state index contributed by atoms with van der Waals surface area (Å²) in [4.78, 5) is 0. The zero-order valence-electron chi connectivity index (χ0n) is 7.44. The summed E-state index contributed by atoms with van der Waals surface area (Å²) in [5.41, 5.74) is 1.01. The van der Waals surface area contributed by atoms with Gasteiger partial charge in [0.2, 0.25) is 0 Å². The van der Waals surface area contributed by atoms with Crippen LogP contribution < -0.4 is 0 Å². The molecule has 9 heavy (non-hydrogen) atoms. The Bertz CT molecular complexity index is 67.1. The zero-order valence-corrected chi connectivity index (χ0v) is 8.33. The fourth-order valence-electron chi connectivity index (χ4n) is 1.38. The van der Waals surface area contributed by atoms with Gasteiger partial charge in [0.1, 0.15) is 0 Å². The van der Waals surface area contributed by atoms with Crippen LogP contribution in [0, 0.1) is 0 Å². The van der Waals surface area contributed by atoms with Crippen molar-refractivity contribution in [1.29, 1.82) is 0 Å². The van der Waals surface area contributed by atoms with Gasteiger partial charge in [-0.25, -0.2) is 0 Å². The summed E-state index contributed by atoms with van der Waals surface area (Å²) in [5, 5.41) is 0. The lowest BCUT2D eigenvalue weighted by molar-refractivity contribution is 0.776. The lowest BCUT2D eigenvalue weighted by Gasteiger charge is -2.21. The highest BCUT2D eigenvalue weighted by Crippen LogP contribution is 2.54. The highest BCUT2D eigenvalue weighted by atomic mass is 31.2. The second kappa shape index (κ2) is 3.56. The van der Waals surface area contributed by atoms with E-state index in [2.05, 4.69) is 33.8 Å². The highest BCUT2D eigenvalue weighted by Gasteiger charge is 2.27. The first-order chi connectivity index (χ1) is 4.02. The van der Waals surface area contributed by atoms with E-state index >= 15 is 0 Å². The first-order valence-corrected chi connectivity index (χ1v) is 7.03. The Morgan fingerprint density at radius 1 is 1.00 bits per heavy atom. The van der Waals surface area contributed by atoms with E-state index in [1.165, 1.54) is 12.8 Å². The van der Waals surface area contributed by atoms with E-state index in [0.29, 0.717) is 0 Å². The normalized spacial score (nSPS) is 12.7. The largest absolute Gasteiger partial charge is 0.0684 e. The quantitative estimate of drug-likeness (QED) is 0.538. The summed E-state index contributed by atoms with van der Waals surface area (Å²) < 4.78 is 0. The smallest absolute Gasteiger partial charge is 0.0617 e. The summed E-state index contributed by atoms with van der Waals surface area (Å²) in [6, 6.07) is 0. The molecule has 0 bridgehead atoms. The molecule has 0 amide bonds. The van der Waals surface area contributed by atoms with E-state index in [9.17, 15) is 0 Å². The van der Waals surface area contributed by atoms with Crippen molar-refractivity contribution in [3.05, 3.63) is 0 Å². The maximum Gasteiger partial charge on any atom is 0.0684 e. The average molecular weight is 147 g/mol. The van der Waals surface area contributed by atoms with Gasteiger partial charge in [-0.1, -0.05) is 13.8 Å². The Balaban J connectivity index is 3.79. The third kappa shape index (κ3) is 3.20. The maximum atomic E-state index is 2.44. The van der Waals surface area contributed by atoms with Crippen molar-refractivity contribution in [2.75, 3.05) is 20.0 Å². The molecule has 0 saturated heterocycles. The van der Waals surface area contributed by atoms with Crippen LogP contribution in [0.1, 0.15) is 26.7 Å². The summed E-state index contributed by atoms with van der Waals surface area (Å²) in [6.07, 6.45) is 2.74. The van der Waals surface area contributed by atoms with Gasteiger partial charge < -0.3 is 0 Å². The Morgan fingerprint density at radius 3 is 1.33 bits per heavy atom. The third-order valence-electron chi connectivity index (χ3n) is 2.04. The van der Waals surface area contributed by atoms with Crippen molar-refractivity contribution in [2.24, 2.45) is 0 Å². The minimum Gasteiger partial charge on any atom is -0.0617 e. The van der Waals surface area contributed by atoms with Gasteiger partial charge in [-0.05, 0) is 12.8 Å². The van der Waals surface area contributed by atoms with E-state index in [1.54, 1.807) is 0 Å². The monoisotopic (exact) mass is 147 g/mol. The average Bonchev–Trinajstić information content (AvgIpc) is 1.65. The fraction of sp³-hybridized carbons (Fsp3) is 1.00. The molecular weight excluding hydrogens is 127 g/mol. The fourth-order valence-corrected chi connectivity index (χ4v) is 3.58. The minimum atomic E-state index is -0.526. The number of hydrogen-bond donors (Lipinski definition) is 0. The van der Waals surface area contributed by atoms with Crippen molar-refractivity contribution in [2.45, 2.75) is 32.3 Å². The van der Waals surface area contributed by atoms with E-state index in [1.807, 2.05) is 0 Å². The molecule has 0 aliphatic heterocycles. The molecule has 1 heteroatoms. The molecule has 0 fully saturated rings. The molecule has 0 aliphatic rings. The molecule has 0 radical (unpaired) electrons. The van der Waals surface area contributed by atoms with Crippen molar-refractivity contribution in [3.63, 3.8) is 0 Å². The Morgan fingerprint density at radius 2 is 1.33 bits per heavy atom. The predicted octanol–water partition coefficient (Wildman–Crippen LogP) is 3.08. The van der Waals surface area contributed by atoms with Crippen molar-refractivity contribution in [3.8, 4) is 0 Å². The Labute approximate surface area is 60.4 Å². The summed E-state index contributed by atoms with van der Waals surface area (Å²) >= 11 is 0. The SMILES string of the molecule is CCC(CC)[P+](C)(C)C. The third-order valence-corrected chi connectivity index (χ3v) is 4.96. The summed E-state index contributed by atoms with van der Waals surface area (Å²) in [6.45, 7) is 11.9. The van der Waals surface area contributed by atoms with Crippen LogP contribution in [0.3, 0.4) is 0 Å². The molecule has 0 nitrogen and oxygen atoms in total. The highest BCUT2D eigenvalue weighted by molar-refractivity contribution is 7.74. The standard InChI is InChI=1S/C8H20P/c1-6-8(7-2)9(3,4)5/h8H,6-7H2,1-5H3/q+1. The van der Waals surface area contributed by atoms with Gasteiger partial charge in [-0.15, -0.1) is 0 Å². The van der Waals surface area contributed by atoms with Crippen LogP contribution in [0.25, 0.3) is 0 Å². The molecule has 0 rings (SSSR count). The maximum absolute atomic E-state index is 2.44. The molecule has 56 valence electrons. The van der Waals surface area contributed by atoms with Gasteiger partial charge in [0.25, 0.3) is 0 Å². The van der Waals surface area contributed by atoms with Crippen molar-refractivity contribution >= 4 is 7.26 Å². The molecule has 0 unspecified atom stereocenters. The summed E-state index contributed by atoms with van der Waals surface area (Å²) in [7, 11) is -0.526. The topological polar surface area (TPSA) is 0 Å². The molecule has 0 heterocycles. The minimum absolute atomic E-state index is 0.526. The first-order valence-electron chi connectivity index (χ1n) is 3.83. The van der Waals surface area contributed by atoms with Gasteiger partial charge in [-0.3, -0.25) is 0 Å². The molecule has 0 aromatic carbocycles.